The quantitative estimate of drug-likeness (QED) is 0.464. The summed E-state index contributed by atoms with van der Waals surface area (Å²) in [7, 11) is 0. The summed E-state index contributed by atoms with van der Waals surface area (Å²) in [5.41, 5.74) is 3.47. The fourth-order valence-corrected chi connectivity index (χ4v) is 2.91. The molecule has 0 heterocycles. The highest BCUT2D eigenvalue weighted by molar-refractivity contribution is 5.49. The summed E-state index contributed by atoms with van der Waals surface area (Å²) in [5.74, 6) is 1.82. The summed E-state index contributed by atoms with van der Waals surface area (Å²) < 4.78 is 12.0. The van der Waals surface area contributed by atoms with Crippen LogP contribution in [0.15, 0.2) is 78.9 Å². The Labute approximate surface area is 168 Å². The number of anilines is 1. The van der Waals surface area contributed by atoms with Crippen LogP contribution in [0.2, 0.25) is 0 Å². The molecule has 3 aromatic carbocycles. The third-order valence-electron chi connectivity index (χ3n) is 4.69. The largest absolute Gasteiger partial charge is 0.493 e. The van der Waals surface area contributed by atoms with Gasteiger partial charge in [0.05, 0.1) is 12.7 Å². The lowest BCUT2D eigenvalue weighted by Crippen LogP contribution is -2.10. The zero-order valence-electron chi connectivity index (χ0n) is 16.7. The van der Waals surface area contributed by atoms with Gasteiger partial charge in [0.2, 0.25) is 0 Å². The molecule has 0 saturated carbocycles. The minimum Gasteiger partial charge on any atom is -0.493 e. The highest BCUT2D eigenvalue weighted by atomic mass is 16.5. The van der Waals surface area contributed by atoms with Crippen molar-refractivity contribution in [2.45, 2.75) is 39.3 Å². The molecular weight excluding hydrogens is 346 g/mol. The van der Waals surface area contributed by atoms with Crippen LogP contribution in [0.4, 0.5) is 5.69 Å². The summed E-state index contributed by atoms with van der Waals surface area (Å²) in [6.45, 7) is 5.58. The molecule has 0 amide bonds. The van der Waals surface area contributed by atoms with Crippen molar-refractivity contribution in [2.75, 3.05) is 11.9 Å². The lowest BCUT2D eigenvalue weighted by atomic mass is 10.1. The average Bonchev–Trinajstić information content (AvgIpc) is 2.74. The molecule has 0 aliphatic heterocycles. The maximum Gasteiger partial charge on any atom is 0.124 e. The van der Waals surface area contributed by atoms with Gasteiger partial charge in [-0.2, -0.15) is 0 Å². The smallest absolute Gasteiger partial charge is 0.124 e. The standard InChI is InChI=1S/C25H29NO2/c1-3-20(2)28-24-14-9-13-23(18-24)26-19-22-12-7-8-15-25(22)27-17-16-21-10-5-4-6-11-21/h4-15,18,20,26H,3,16-17,19H2,1-2H3. The molecule has 1 atom stereocenters. The fourth-order valence-electron chi connectivity index (χ4n) is 2.91. The van der Waals surface area contributed by atoms with Crippen LogP contribution in [-0.2, 0) is 13.0 Å². The highest BCUT2D eigenvalue weighted by Crippen LogP contribution is 2.23. The lowest BCUT2D eigenvalue weighted by Gasteiger charge is -2.15. The van der Waals surface area contributed by atoms with Crippen molar-refractivity contribution in [1.29, 1.82) is 0 Å². The van der Waals surface area contributed by atoms with Crippen molar-refractivity contribution in [3.63, 3.8) is 0 Å². The van der Waals surface area contributed by atoms with Crippen LogP contribution in [0.3, 0.4) is 0 Å². The first-order chi connectivity index (χ1) is 13.7. The predicted octanol–water partition coefficient (Wildman–Crippen LogP) is 6.10. The summed E-state index contributed by atoms with van der Waals surface area (Å²) in [6, 6.07) is 26.7. The topological polar surface area (TPSA) is 30.5 Å². The van der Waals surface area contributed by atoms with E-state index in [0.717, 1.165) is 35.6 Å². The van der Waals surface area contributed by atoms with E-state index >= 15 is 0 Å². The first-order valence-electron chi connectivity index (χ1n) is 10.00. The van der Waals surface area contributed by atoms with Gasteiger partial charge in [-0.25, -0.2) is 0 Å². The molecule has 1 unspecified atom stereocenters. The van der Waals surface area contributed by atoms with Crippen molar-refractivity contribution in [3.05, 3.63) is 90.0 Å². The Balaban J connectivity index is 1.57. The summed E-state index contributed by atoms with van der Waals surface area (Å²) in [5, 5.41) is 3.48. The first kappa shape index (κ1) is 19.8. The molecule has 0 radical (unpaired) electrons. The Morgan fingerprint density at radius 2 is 1.68 bits per heavy atom. The van der Waals surface area contributed by atoms with Gasteiger partial charge in [-0.05, 0) is 37.1 Å². The SMILES string of the molecule is CCC(C)Oc1cccc(NCc2ccccc2OCCc2ccccc2)c1. The lowest BCUT2D eigenvalue weighted by molar-refractivity contribution is 0.217. The average molecular weight is 376 g/mol. The zero-order valence-corrected chi connectivity index (χ0v) is 16.7. The number of hydrogen-bond acceptors (Lipinski definition) is 3. The van der Waals surface area contributed by atoms with Crippen LogP contribution >= 0.6 is 0 Å². The highest BCUT2D eigenvalue weighted by Gasteiger charge is 2.05. The molecule has 3 heteroatoms. The molecule has 28 heavy (non-hydrogen) atoms. The van der Waals surface area contributed by atoms with Crippen LogP contribution < -0.4 is 14.8 Å². The van der Waals surface area contributed by atoms with E-state index in [2.05, 4.69) is 55.6 Å². The monoisotopic (exact) mass is 375 g/mol. The molecule has 0 fully saturated rings. The van der Waals surface area contributed by atoms with Gasteiger partial charge in [0, 0.05) is 30.3 Å². The van der Waals surface area contributed by atoms with Crippen LogP contribution in [0, 0.1) is 0 Å². The molecule has 146 valence electrons. The Morgan fingerprint density at radius 1 is 0.893 bits per heavy atom. The van der Waals surface area contributed by atoms with Crippen LogP contribution in [-0.4, -0.2) is 12.7 Å². The second-order valence-corrected chi connectivity index (χ2v) is 6.91. The molecular formula is C25H29NO2. The van der Waals surface area contributed by atoms with E-state index < -0.39 is 0 Å². The molecule has 0 aliphatic rings. The van der Waals surface area contributed by atoms with Crippen molar-refractivity contribution in [2.24, 2.45) is 0 Å². The minimum absolute atomic E-state index is 0.217. The van der Waals surface area contributed by atoms with Crippen LogP contribution in [0.1, 0.15) is 31.4 Å². The number of hydrogen-bond donors (Lipinski definition) is 1. The van der Waals surface area contributed by atoms with E-state index in [1.54, 1.807) is 0 Å². The van der Waals surface area contributed by atoms with Gasteiger partial charge < -0.3 is 14.8 Å². The Hall–Kier alpha value is -2.94. The molecule has 3 aromatic rings. The number of nitrogens with one attached hydrogen (secondary N) is 1. The molecule has 0 aliphatic carbocycles. The van der Waals surface area contributed by atoms with Gasteiger partial charge in [-0.1, -0.05) is 61.5 Å². The fraction of sp³-hybridized carbons (Fsp3) is 0.280. The van der Waals surface area contributed by atoms with Gasteiger partial charge in [-0.15, -0.1) is 0 Å². The van der Waals surface area contributed by atoms with E-state index in [1.165, 1.54) is 5.56 Å². The van der Waals surface area contributed by atoms with Gasteiger partial charge in [-0.3, -0.25) is 0 Å². The van der Waals surface area contributed by atoms with Gasteiger partial charge in [0.25, 0.3) is 0 Å². The van der Waals surface area contributed by atoms with Crippen molar-refractivity contribution in [3.8, 4) is 11.5 Å². The van der Waals surface area contributed by atoms with E-state index in [4.69, 9.17) is 9.47 Å². The molecule has 0 spiro atoms. The molecule has 0 saturated heterocycles. The molecule has 0 aromatic heterocycles. The number of benzene rings is 3. The Bertz CT molecular complexity index is 848. The van der Waals surface area contributed by atoms with Crippen molar-refractivity contribution in [1.82, 2.24) is 0 Å². The summed E-state index contributed by atoms with van der Waals surface area (Å²) in [4.78, 5) is 0. The minimum atomic E-state index is 0.217. The Morgan fingerprint density at radius 3 is 2.50 bits per heavy atom. The second-order valence-electron chi connectivity index (χ2n) is 6.91. The molecule has 0 bridgehead atoms. The molecule has 3 rings (SSSR count). The number of rotatable bonds is 10. The molecule has 3 nitrogen and oxygen atoms in total. The third kappa shape index (κ3) is 6.05. The maximum absolute atomic E-state index is 6.06. The summed E-state index contributed by atoms with van der Waals surface area (Å²) in [6.07, 6.45) is 2.11. The Kier molecular flexibility index (Phi) is 7.36. The van der Waals surface area contributed by atoms with Crippen LogP contribution in [0.25, 0.3) is 0 Å². The first-order valence-corrected chi connectivity index (χ1v) is 10.00. The van der Waals surface area contributed by atoms with Crippen molar-refractivity contribution < 1.29 is 9.47 Å². The predicted molar refractivity (Wildman–Crippen MR) is 116 cm³/mol. The van der Waals surface area contributed by atoms with Gasteiger partial charge in [0.15, 0.2) is 0 Å². The van der Waals surface area contributed by atoms with Crippen molar-refractivity contribution >= 4 is 5.69 Å². The van der Waals surface area contributed by atoms with Crippen LogP contribution in [0.5, 0.6) is 11.5 Å². The van der Waals surface area contributed by atoms with E-state index in [1.807, 2.05) is 42.5 Å². The normalized spacial score (nSPS) is 11.6. The second kappa shape index (κ2) is 10.4. The molecule has 1 N–H and O–H groups in total. The number of ether oxygens (including phenoxy) is 2. The van der Waals surface area contributed by atoms with E-state index in [0.29, 0.717) is 13.2 Å². The maximum atomic E-state index is 6.06. The van der Waals surface area contributed by atoms with E-state index in [-0.39, 0.29) is 6.10 Å². The van der Waals surface area contributed by atoms with E-state index in [9.17, 15) is 0 Å². The zero-order chi connectivity index (χ0) is 19.6. The van der Waals surface area contributed by atoms with Gasteiger partial charge in [0.1, 0.15) is 11.5 Å². The summed E-state index contributed by atoms with van der Waals surface area (Å²) >= 11 is 0. The van der Waals surface area contributed by atoms with Gasteiger partial charge >= 0.3 is 0 Å². The number of para-hydroxylation sites is 1. The third-order valence-corrected chi connectivity index (χ3v) is 4.69.